The van der Waals surface area contributed by atoms with Gasteiger partial charge in [-0.2, -0.15) is 0 Å². The van der Waals surface area contributed by atoms with Crippen molar-refractivity contribution < 1.29 is 14.3 Å². The highest BCUT2D eigenvalue weighted by Gasteiger charge is 2.20. The molecule has 0 aromatic heterocycles. The van der Waals surface area contributed by atoms with Gasteiger partial charge in [0.05, 0.1) is 5.69 Å². The van der Waals surface area contributed by atoms with Crippen LogP contribution in [0, 0.1) is 0 Å². The molecule has 2 aromatic carbocycles. The fraction of sp³-hybridized carbons (Fsp3) is 0.263. The van der Waals surface area contributed by atoms with Crippen LogP contribution in [-0.4, -0.2) is 17.8 Å². The Kier molecular flexibility index (Phi) is 4.73. The Morgan fingerprint density at radius 1 is 1.12 bits per heavy atom. The van der Waals surface area contributed by atoms with Crippen LogP contribution in [-0.2, 0) is 5.41 Å². The Morgan fingerprint density at radius 2 is 1.77 bits per heavy atom. The Hall–Kier alpha value is -2.80. The quantitative estimate of drug-likeness (QED) is 0.624. The second-order valence-electron chi connectivity index (χ2n) is 6.98. The number of rotatable bonds is 2. The van der Waals surface area contributed by atoms with Gasteiger partial charge >= 0.3 is 0 Å². The van der Waals surface area contributed by atoms with E-state index in [0.29, 0.717) is 22.7 Å². The van der Waals surface area contributed by atoms with Crippen LogP contribution in [0.15, 0.2) is 42.5 Å². The van der Waals surface area contributed by atoms with Gasteiger partial charge in [0, 0.05) is 11.6 Å². The molecule has 0 spiro atoms. The van der Waals surface area contributed by atoms with E-state index in [-0.39, 0.29) is 23.2 Å². The topological polar surface area (TPSA) is 76.8 Å². The molecular formula is C19H21N3O3S. The molecule has 0 saturated heterocycles. The Balaban J connectivity index is 1.80. The number of hydrogen-bond acceptors (Lipinski definition) is 4. The summed E-state index contributed by atoms with van der Waals surface area (Å²) in [5.41, 5.74) is 10.8. The van der Waals surface area contributed by atoms with Crippen molar-refractivity contribution in [2.75, 3.05) is 11.8 Å². The van der Waals surface area contributed by atoms with Gasteiger partial charge in [-0.15, -0.1) is 0 Å². The lowest BCUT2D eigenvalue weighted by molar-refractivity contribution is 0.0955. The van der Waals surface area contributed by atoms with Gasteiger partial charge in [-0.3, -0.25) is 10.2 Å². The van der Waals surface area contributed by atoms with Gasteiger partial charge in [0.1, 0.15) is 0 Å². The smallest absolute Gasteiger partial charge is 0.270 e. The molecule has 1 heterocycles. The fourth-order valence-electron chi connectivity index (χ4n) is 2.56. The number of carbonyl (C=O) groups excluding carboxylic acids is 1. The highest BCUT2D eigenvalue weighted by molar-refractivity contribution is 7.80. The number of anilines is 1. The Labute approximate surface area is 157 Å². The molecule has 0 radical (unpaired) electrons. The third-order valence-electron chi connectivity index (χ3n) is 4.06. The maximum Gasteiger partial charge on any atom is 0.270 e. The van der Waals surface area contributed by atoms with E-state index in [1.165, 1.54) is 5.01 Å². The minimum absolute atomic E-state index is 0.0172. The summed E-state index contributed by atoms with van der Waals surface area (Å²) < 4.78 is 10.6. The van der Waals surface area contributed by atoms with Crippen LogP contribution in [0.4, 0.5) is 5.69 Å². The van der Waals surface area contributed by atoms with Crippen LogP contribution in [0.2, 0.25) is 0 Å². The molecule has 7 heteroatoms. The molecule has 3 rings (SSSR count). The molecule has 1 amide bonds. The van der Waals surface area contributed by atoms with Crippen molar-refractivity contribution >= 4 is 28.9 Å². The largest absolute Gasteiger partial charge is 0.454 e. The van der Waals surface area contributed by atoms with E-state index in [4.69, 9.17) is 27.4 Å². The first-order chi connectivity index (χ1) is 12.3. The van der Waals surface area contributed by atoms with Crippen molar-refractivity contribution in [2.24, 2.45) is 5.73 Å². The first-order valence-electron chi connectivity index (χ1n) is 8.16. The van der Waals surface area contributed by atoms with E-state index >= 15 is 0 Å². The summed E-state index contributed by atoms with van der Waals surface area (Å²) in [4.78, 5) is 12.6. The molecule has 1 aliphatic rings. The molecule has 0 bridgehead atoms. The molecule has 2 aromatic rings. The number of benzene rings is 2. The minimum Gasteiger partial charge on any atom is -0.454 e. The molecule has 3 N–H and O–H groups in total. The van der Waals surface area contributed by atoms with Crippen molar-refractivity contribution in [3.63, 3.8) is 0 Å². The number of hydrogen-bond donors (Lipinski definition) is 2. The van der Waals surface area contributed by atoms with Crippen molar-refractivity contribution in [1.82, 2.24) is 5.43 Å². The summed E-state index contributed by atoms with van der Waals surface area (Å²) in [6.07, 6.45) is 0. The molecule has 6 nitrogen and oxygen atoms in total. The zero-order valence-corrected chi connectivity index (χ0v) is 15.7. The van der Waals surface area contributed by atoms with Crippen LogP contribution in [0.5, 0.6) is 11.5 Å². The molecular weight excluding hydrogens is 350 g/mol. The second-order valence-corrected chi connectivity index (χ2v) is 7.40. The van der Waals surface area contributed by atoms with Gasteiger partial charge < -0.3 is 15.2 Å². The van der Waals surface area contributed by atoms with Gasteiger partial charge in [0.25, 0.3) is 5.91 Å². The molecule has 1 aliphatic heterocycles. The van der Waals surface area contributed by atoms with E-state index in [1.807, 2.05) is 12.1 Å². The van der Waals surface area contributed by atoms with Gasteiger partial charge in [-0.25, -0.2) is 5.01 Å². The predicted octanol–water partition coefficient (Wildman–Crippen LogP) is 3.11. The summed E-state index contributed by atoms with van der Waals surface area (Å²) in [5, 5.41) is 1.36. The van der Waals surface area contributed by atoms with Crippen LogP contribution >= 0.6 is 12.2 Å². The molecule has 0 fully saturated rings. The van der Waals surface area contributed by atoms with Crippen molar-refractivity contribution in [3.8, 4) is 11.5 Å². The average Bonchev–Trinajstić information content (AvgIpc) is 3.06. The number of fused-ring (bicyclic) bond motifs is 1. The van der Waals surface area contributed by atoms with Crippen molar-refractivity contribution in [1.29, 1.82) is 0 Å². The SMILES string of the molecule is CC(C)(C)c1ccc(C(=O)NN(C(N)=S)c2ccc3c(c2)OCO3)cc1. The molecule has 26 heavy (non-hydrogen) atoms. The van der Waals surface area contributed by atoms with Gasteiger partial charge in [-0.1, -0.05) is 32.9 Å². The van der Waals surface area contributed by atoms with E-state index < -0.39 is 0 Å². The molecule has 136 valence electrons. The highest BCUT2D eigenvalue weighted by atomic mass is 32.1. The van der Waals surface area contributed by atoms with E-state index in [9.17, 15) is 4.79 Å². The molecule has 0 aliphatic carbocycles. The third-order valence-corrected chi connectivity index (χ3v) is 4.24. The first kappa shape index (κ1) is 18.0. The minimum atomic E-state index is -0.309. The first-order valence-corrected chi connectivity index (χ1v) is 8.57. The lowest BCUT2D eigenvalue weighted by Crippen LogP contribution is -2.49. The van der Waals surface area contributed by atoms with Crippen molar-refractivity contribution in [3.05, 3.63) is 53.6 Å². The summed E-state index contributed by atoms with van der Waals surface area (Å²) in [6.45, 7) is 6.53. The standard InChI is InChI=1S/C19H21N3O3S/c1-19(2,3)13-6-4-12(5-7-13)17(23)21-22(18(20)26)14-8-9-15-16(10-14)25-11-24-15/h4-10H,11H2,1-3H3,(H2,20,26)(H,21,23). The monoisotopic (exact) mass is 371 g/mol. The number of thiocarbonyl (C=S) groups is 1. The van der Waals surface area contributed by atoms with Gasteiger partial charge in [0.15, 0.2) is 16.6 Å². The molecule has 0 saturated carbocycles. The second kappa shape index (κ2) is 6.84. The van der Waals surface area contributed by atoms with Crippen LogP contribution in [0.1, 0.15) is 36.7 Å². The number of amides is 1. The Morgan fingerprint density at radius 3 is 2.38 bits per heavy atom. The van der Waals surface area contributed by atoms with Crippen molar-refractivity contribution in [2.45, 2.75) is 26.2 Å². The van der Waals surface area contributed by atoms with Crippen LogP contribution in [0.3, 0.4) is 0 Å². The maximum absolute atomic E-state index is 12.6. The molecule has 0 atom stereocenters. The number of nitrogens with one attached hydrogen (secondary N) is 1. The Bertz CT molecular complexity index is 844. The normalized spacial score (nSPS) is 12.6. The summed E-state index contributed by atoms with van der Waals surface area (Å²) in [6, 6.07) is 12.7. The summed E-state index contributed by atoms with van der Waals surface area (Å²) in [5.74, 6) is 0.907. The number of hydrazine groups is 1. The van der Waals surface area contributed by atoms with Gasteiger partial charge in [-0.05, 0) is 47.5 Å². The lowest BCUT2D eigenvalue weighted by Gasteiger charge is -2.24. The maximum atomic E-state index is 12.6. The van der Waals surface area contributed by atoms with E-state index in [1.54, 1.807) is 30.3 Å². The van der Waals surface area contributed by atoms with Crippen LogP contribution in [0.25, 0.3) is 0 Å². The zero-order valence-electron chi connectivity index (χ0n) is 14.9. The highest BCUT2D eigenvalue weighted by Crippen LogP contribution is 2.35. The summed E-state index contributed by atoms with van der Waals surface area (Å²) >= 11 is 5.08. The number of nitrogens with zero attached hydrogens (tertiary/aromatic N) is 1. The van der Waals surface area contributed by atoms with E-state index in [2.05, 4.69) is 26.2 Å². The third kappa shape index (κ3) is 3.72. The van der Waals surface area contributed by atoms with Crippen LogP contribution < -0.4 is 25.6 Å². The fourth-order valence-corrected chi connectivity index (χ4v) is 2.71. The number of nitrogens with two attached hydrogens (primary N) is 1. The predicted molar refractivity (Wildman–Crippen MR) is 104 cm³/mol. The lowest BCUT2D eigenvalue weighted by atomic mass is 9.87. The average molecular weight is 371 g/mol. The summed E-state index contributed by atoms with van der Waals surface area (Å²) in [7, 11) is 0. The zero-order chi connectivity index (χ0) is 18.9. The van der Waals surface area contributed by atoms with E-state index in [0.717, 1.165) is 5.56 Å². The number of ether oxygens (including phenoxy) is 2. The van der Waals surface area contributed by atoms with Gasteiger partial charge in [0.2, 0.25) is 6.79 Å². The number of carbonyl (C=O) groups is 1. The molecule has 0 unspecified atom stereocenters.